The van der Waals surface area contributed by atoms with Crippen molar-refractivity contribution < 1.29 is 26.3 Å². The van der Waals surface area contributed by atoms with E-state index >= 15 is 0 Å². The number of nitrogens with zero attached hydrogens (tertiary/aromatic N) is 1. The van der Waals surface area contributed by atoms with E-state index in [0.29, 0.717) is 0 Å². The van der Waals surface area contributed by atoms with Gasteiger partial charge in [-0.25, -0.2) is 4.39 Å². The molecule has 0 saturated carbocycles. The van der Waals surface area contributed by atoms with Gasteiger partial charge in [0.05, 0.1) is 0 Å². The average Bonchev–Trinajstić information content (AvgIpc) is 1.98. The molecule has 1 aliphatic rings. The zero-order valence-electron chi connectivity index (χ0n) is 5.59. The van der Waals surface area contributed by atoms with E-state index in [-0.39, 0.29) is 0 Å². The molecular weight excluding hydrogens is 268 g/mol. The van der Waals surface area contributed by atoms with Gasteiger partial charge >= 0.3 is 12.0 Å². The number of alkyl halides is 4. The third-order valence-corrected chi connectivity index (χ3v) is 2.11. The molecule has 0 amide bonds. The molecule has 0 unspecified atom stereocenters. The molecule has 0 aliphatic carbocycles. The lowest BCUT2D eigenvalue weighted by Crippen LogP contribution is -2.42. The van der Waals surface area contributed by atoms with Crippen LogP contribution in [0.15, 0.2) is 15.3 Å². The molecule has 0 spiro atoms. The Hall–Kier alpha value is -0.530. The second-order valence-electron chi connectivity index (χ2n) is 2.15. The highest BCUT2D eigenvalue weighted by molar-refractivity contribution is 9.11. The lowest BCUT2D eigenvalue weighted by molar-refractivity contribution is -0.177. The second-order valence-corrected chi connectivity index (χ2v) is 2.94. The van der Waals surface area contributed by atoms with Crippen LogP contribution >= 0.6 is 15.9 Å². The van der Waals surface area contributed by atoms with Crippen molar-refractivity contribution in [3.63, 3.8) is 0 Å². The number of aliphatic imine (C=N–C) groups is 1. The first-order valence-electron chi connectivity index (χ1n) is 2.77. The van der Waals surface area contributed by atoms with Crippen LogP contribution in [0.3, 0.4) is 0 Å². The predicted molar refractivity (Wildman–Crippen MR) is 35.5 cm³/mol. The molecule has 8 heteroatoms. The maximum Gasteiger partial charge on any atom is 0.412 e. The van der Waals surface area contributed by atoms with Crippen molar-refractivity contribution >= 4 is 21.9 Å². The summed E-state index contributed by atoms with van der Waals surface area (Å²) in [7, 11) is 0. The molecule has 1 aliphatic heterocycles. The summed E-state index contributed by atoms with van der Waals surface area (Å²) in [5.74, 6) is -9.22. The number of halogens is 7. The van der Waals surface area contributed by atoms with Crippen LogP contribution in [-0.2, 0) is 0 Å². The number of rotatable bonds is 0. The minimum Gasteiger partial charge on any atom is -0.201 e. The quantitative estimate of drug-likeness (QED) is 0.472. The Labute approximate surface area is 76.3 Å². The van der Waals surface area contributed by atoms with Crippen molar-refractivity contribution in [2.45, 2.75) is 12.0 Å². The highest BCUT2D eigenvalue weighted by Crippen LogP contribution is 2.48. The average molecular weight is 268 g/mol. The summed E-state index contributed by atoms with van der Waals surface area (Å²) >= 11 is 1.84. The van der Waals surface area contributed by atoms with Gasteiger partial charge in [-0.2, -0.15) is 26.9 Å². The van der Waals surface area contributed by atoms with E-state index in [9.17, 15) is 26.3 Å². The van der Waals surface area contributed by atoms with Gasteiger partial charge in [0.2, 0.25) is 0 Å². The van der Waals surface area contributed by atoms with E-state index in [2.05, 4.69) is 0 Å². The molecule has 13 heavy (non-hydrogen) atoms. The molecule has 1 heterocycles. The Bertz CT molecular complexity index is 306. The molecule has 0 saturated heterocycles. The largest absolute Gasteiger partial charge is 0.412 e. The number of allylic oxidation sites excluding steroid dienone is 1. The van der Waals surface area contributed by atoms with Crippen molar-refractivity contribution in [2.75, 3.05) is 0 Å². The molecule has 0 aromatic rings. The second kappa shape index (κ2) is 2.73. The number of hydrogen-bond donors (Lipinski definition) is 0. The minimum absolute atomic E-state index is 1.60. The standard InChI is InChI=1S/C5BrF6N/c6-2-1(7)3(8)13-5(11,12)4(2,9)10. The zero-order valence-corrected chi connectivity index (χ0v) is 7.18. The first kappa shape index (κ1) is 10.6. The molecule has 1 rings (SSSR count). The maximum absolute atomic E-state index is 12.4. The Morgan fingerprint density at radius 1 is 1.08 bits per heavy atom. The normalized spacial score (nSPS) is 25.9. The van der Waals surface area contributed by atoms with Gasteiger partial charge in [0.25, 0.3) is 5.97 Å². The summed E-state index contributed by atoms with van der Waals surface area (Å²) in [4.78, 5) is 1.60. The van der Waals surface area contributed by atoms with E-state index < -0.39 is 28.2 Å². The fourth-order valence-electron chi connectivity index (χ4n) is 0.603. The van der Waals surface area contributed by atoms with Crippen LogP contribution in [0.2, 0.25) is 0 Å². The number of dihydropyridines is 1. The highest BCUT2D eigenvalue weighted by atomic mass is 79.9. The van der Waals surface area contributed by atoms with Crippen molar-refractivity contribution in [3.8, 4) is 0 Å². The highest BCUT2D eigenvalue weighted by Gasteiger charge is 2.63. The Morgan fingerprint density at radius 2 is 1.54 bits per heavy atom. The summed E-state index contributed by atoms with van der Waals surface area (Å²) < 4.78 is 72.0. The summed E-state index contributed by atoms with van der Waals surface area (Å²) in [6, 6.07) is -4.97. The molecule has 0 aromatic heterocycles. The molecule has 0 bridgehead atoms. The molecule has 0 fully saturated rings. The van der Waals surface area contributed by atoms with Gasteiger partial charge in [0, 0.05) is 0 Å². The van der Waals surface area contributed by atoms with Gasteiger partial charge in [-0.05, 0) is 15.9 Å². The Kier molecular flexibility index (Phi) is 2.21. The van der Waals surface area contributed by atoms with Crippen LogP contribution in [0.4, 0.5) is 26.3 Å². The summed E-state index contributed by atoms with van der Waals surface area (Å²) in [5, 5.41) is 0. The Morgan fingerprint density at radius 3 is 2.00 bits per heavy atom. The third kappa shape index (κ3) is 1.36. The lowest BCUT2D eigenvalue weighted by Gasteiger charge is -2.25. The van der Waals surface area contributed by atoms with Gasteiger partial charge in [-0.3, -0.25) is 0 Å². The van der Waals surface area contributed by atoms with Crippen LogP contribution in [0.1, 0.15) is 0 Å². The van der Waals surface area contributed by atoms with Gasteiger partial charge in [-0.1, -0.05) is 0 Å². The zero-order chi connectivity index (χ0) is 10.4. The topological polar surface area (TPSA) is 12.4 Å². The van der Waals surface area contributed by atoms with Gasteiger partial charge < -0.3 is 0 Å². The van der Waals surface area contributed by atoms with E-state index in [0.717, 1.165) is 0 Å². The van der Waals surface area contributed by atoms with Crippen LogP contribution in [-0.4, -0.2) is 17.9 Å². The predicted octanol–water partition coefficient (Wildman–Crippen LogP) is 3.17. The van der Waals surface area contributed by atoms with Crippen molar-refractivity contribution in [1.29, 1.82) is 0 Å². The maximum atomic E-state index is 12.4. The summed E-state index contributed by atoms with van der Waals surface area (Å²) in [6.07, 6.45) is 0. The smallest absolute Gasteiger partial charge is 0.201 e. The van der Waals surface area contributed by atoms with Gasteiger partial charge in [0.1, 0.15) is 4.48 Å². The van der Waals surface area contributed by atoms with Crippen LogP contribution in [0, 0.1) is 0 Å². The fraction of sp³-hybridized carbons (Fsp3) is 0.400. The number of hydrogen-bond acceptors (Lipinski definition) is 1. The molecule has 74 valence electrons. The SMILES string of the molecule is FC1=NC(F)(F)C(F)(F)C(Br)=C1F. The van der Waals surface area contributed by atoms with Gasteiger partial charge in [0.15, 0.2) is 5.83 Å². The first-order chi connectivity index (χ1) is 5.70. The molecule has 0 radical (unpaired) electrons. The third-order valence-electron chi connectivity index (χ3n) is 1.27. The molecule has 1 nitrogen and oxygen atoms in total. The molecule has 0 aromatic carbocycles. The monoisotopic (exact) mass is 267 g/mol. The van der Waals surface area contributed by atoms with Gasteiger partial charge in [-0.15, -0.1) is 0 Å². The van der Waals surface area contributed by atoms with Crippen molar-refractivity contribution in [3.05, 3.63) is 10.3 Å². The van der Waals surface area contributed by atoms with Crippen LogP contribution < -0.4 is 0 Å². The van der Waals surface area contributed by atoms with E-state index in [1.54, 1.807) is 4.99 Å². The van der Waals surface area contributed by atoms with E-state index in [1.165, 1.54) is 0 Å². The van der Waals surface area contributed by atoms with Crippen LogP contribution in [0.25, 0.3) is 0 Å². The molecule has 0 N–H and O–H groups in total. The van der Waals surface area contributed by atoms with Crippen molar-refractivity contribution in [1.82, 2.24) is 0 Å². The lowest BCUT2D eigenvalue weighted by atomic mass is 10.2. The molecule has 0 atom stereocenters. The fourth-order valence-corrected chi connectivity index (χ4v) is 1.01. The van der Waals surface area contributed by atoms with Crippen LogP contribution in [0.5, 0.6) is 0 Å². The summed E-state index contributed by atoms with van der Waals surface area (Å²) in [6.45, 7) is 0. The first-order valence-corrected chi connectivity index (χ1v) is 3.56. The molecular formula is C5BrF6N. The van der Waals surface area contributed by atoms with E-state index in [4.69, 9.17) is 0 Å². The van der Waals surface area contributed by atoms with E-state index in [1.807, 2.05) is 15.9 Å². The minimum atomic E-state index is -4.97. The van der Waals surface area contributed by atoms with Crippen molar-refractivity contribution in [2.24, 2.45) is 4.99 Å². The summed E-state index contributed by atoms with van der Waals surface area (Å²) in [5.41, 5.74) is 0. The Balaban J connectivity index is 3.32.